The van der Waals surface area contributed by atoms with Crippen LogP contribution in [0.1, 0.15) is 16.1 Å². The van der Waals surface area contributed by atoms with E-state index in [2.05, 4.69) is 0 Å². The third-order valence-electron chi connectivity index (χ3n) is 2.64. The molecule has 148 valence electrons. The number of carbonyl (C=O) groups is 1. The van der Waals surface area contributed by atoms with E-state index >= 15 is 0 Å². The topological polar surface area (TPSA) is 146 Å². The molecule has 2 rings (SSSR count). The molecule has 0 aliphatic rings. The fourth-order valence-electron chi connectivity index (χ4n) is 1.68. The lowest BCUT2D eigenvalue weighted by atomic mass is 10.1. The van der Waals surface area contributed by atoms with Crippen molar-refractivity contribution in [2.75, 3.05) is 6.26 Å². The molecular weight excluding hydrogens is 415 g/mol. The van der Waals surface area contributed by atoms with Gasteiger partial charge in [0.25, 0.3) is 16.0 Å². The largest absolute Gasteiger partial charge is 0.451 e. The van der Waals surface area contributed by atoms with Gasteiger partial charge >= 0.3 is 6.18 Å². The molecule has 2 aromatic rings. The van der Waals surface area contributed by atoms with Crippen LogP contribution < -0.4 is 11.1 Å². The molecule has 0 aliphatic heterocycles. The fraction of sp³-hybridized carbons (Fsp3) is 0.143. The zero-order valence-corrected chi connectivity index (χ0v) is 15.0. The fourth-order valence-corrected chi connectivity index (χ4v) is 1.89. The van der Waals surface area contributed by atoms with Crippen LogP contribution in [0.5, 0.6) is 0 Å². The Kier molecular flexibility index (Phi) is 7.00. The molecule has 27 heavy (non-hydrogen) atoms. The number of rotatable bonds is 2. The summed E-state index contributed by atoms with van der Waals surface area (Å²) in [5.74, 6) is -1.59. The van der Waals surface area contributed by atoms with Gasteiger partial charge in [-0.25, -0.2) is 0 Å². The molecule has 1 aromatic carbocycles. The summed E-state index contributed by atoms with van der Waals surface area (Å²) in [5, 5.41) is 8.97. The lowest BCUT2D eigenvalue weighted by molar-refractivity contribution is -0.137. The van der Waals surface area contributed by atoms with Crippen LogP contribution >= 0.6 is 11.6 Å². The summed E-state index contributed by atoms with van der Waals surface area (Å²) < 4.78 is 69.2. The van der Waals surface area contributed by atoms with E-state index in [4.69, 9.17) is 31.7 Å². The van der Waals surface area contributed by atoms with Crippen molar-refractivity contribution < 1.29 is 35.4 Å². The standard InChI is InChI=1S/C13H9ClF3N3O2.CH4O3S/c14-8-2-1-6(13(15,16)17)5-7(8)9-3-4-10(22-9)11(21)20-12(18)19;1-5(2,3)4/h1-5H,(H4,18,19,20,21);1H3,(H,2,3,4). The minimum Gasteiger partial charge on any atom is -0.451 e. The Morgan fingerprint density at radius 3 is 2.33 bits per heavy atom. The Hall–Kier alpha value is -2.57. The second-order valence-electron chi connectivity index (χ2n) is 4.96. The third-order valence-corrected chi connectivity index (χ3v) is 2.97. The van der Waals surface area contributed by atoms with Crippen LogP contribution in [0.15, 0.2) is 34.7 Å². The molecule has 1 heterocycles. The average molecular weight is 428 g/mol. The first-order chi connectivity index (χ1) is 12.2. The summed E-state index contributed by atoms with van der Waals surface area (Å²) in [7, 11) is -3.67. The molecular formula is C14H13ClF3N3O5S. The summed E-state index contributed by atoms with van der Waals surface area (Å²) >= 11 is 5.87. The number of hydrogen-bond donors (Lipinski definition) is 4. The number of nitrogens with two attached hydrogens (primary N) is 1. The van der Waals surface area contributed by atoms with Crippen molar-refractivity contribution in [3.05, 3.63) is 46.7 Å². The second kappa shape index (κ2) is 8.41. The predicted molar refractivity (Wildman–Crippen MR) is 91.0 cm³/mol. The number of guanidine groups is 1. The number of hydrogen-bond acceptors (Lipinski definition) is 5. The van der Waals surface area contributed by atoms with Crippen molar-refractivity contribution >= 4 is 33.6 Å². The molecule has 0 saturated carbocycles. The van der Waals surface area contributed by atoms with Crippen LogP contribution in [0.3, 0.4) is 0 Å². The van der Waals surface area contributed by atoms with Gasteiger partial charge in [0.2, 0.25) is 0 Å². The minimum absolute atomic E-state index is 0.00151. The monoisotopic (exact) mass is 427 g/mol. The van der Waals surface area contributed by atoms with Gasteiger partial charge in [-0.1, -0.05) is 11.6 Å². The molecule has 8 nitrogen and oxygen atoms in total. The Morgan fingerprint density at radius 1 is 1.30 bits per heavy atom. The first kappa shape index (κ1) is 22.5. The number of alkyl halides is 3. The highest BCUT2D eigenvalue weighted by Gasteiger charge is 2.31. The zero-order chi connectivity index (χ0) is 21.0. The number of nitrogens with one attached hydrogen (secondary N) is 2. The van der Waals surface area contributed by atoms with Gasteiger partial charge in [-0.15, -0.1) is 0 Å². The molecule has 13 heteroatoms. The van der Waals surface area contributed by atoms with E-state index in [-0.39, 0.29) is 22.1 Å². The molecule has 0 radical (unpaired) electrons. The van der Waals surface area contributed by atoms with Crippen molar-refractivity contribution in [2.45, 2.75) is 6.18 Å². The van der Waals surface area contributed by atoms with Crippen LogP contribution in [-0.2, 0) is 16.3 Å². The van der Waals surface area contributed by atoms with Gasteiger partial charge in [0.1, 0.15) is 5.76 Å². The van der Waals surface area contributed by atoms with Gasteiger partial charge in [0, 0.05) is 5.56 Å². The molecule has 0 aliphatic carbocycles. The van der Waals surface area contributed by atoms with Crippen LogP contribution in [0, 0.1) is 5.41 Å². The molecule has 5 N–H and O–H groups in total. The van der Waals surface area contributed by atoms with E-state index in [1.54, 1.807) is 0 Å². The predicted octanol–water partition coefficient (Wildman–Crippen LogP) is 2.75. The average Bonchev–Trinajstić information content (AvgIpc) is 2.93. The van der Waals surface area contributed by atoms with E-state index in [0.717, 1.165) is 18.2 Å². The van der Waals surface area contributed by atoms with Crippen molar-refractivity contribution in [1.29, 1.82) is 5.41 Å². The van der Waals surface area contributed by atoms with Gasteiger partial charge in [-0.3, -0.25) is 20.1 Å². The molecule has 1 aromatic heterocycles. The summed E-state index contributed by atoms with van der Waals surface area (Å²) in [6.07, 6.45) is -3.81. The maximum atomic E-state index is 12.7. The van der Waals surface area contributed by atoms with Crippen LogP contribution in [-0.4, -0.2) is 31.1 Å². The van der Waals surface area contributed by atoms with Gasteiger partial charge in [0.05, 0.1) is 16.8 Å². The highest BCUT2D eigenvalue weighted by molar-refractivity contribution is 7.85. The van der Waals surface area contributed by atoms with E-state index in [9.17, 15) is 26.4 Å². The van der Waals surface area contributed by atoms with Crippen molar-refractivity contribution in [2.24, 2.45) is 5.73 Å². The second-order valence-corrected chi connectivity index (χ2v) is 6.83. The van der Waals surface area contributed by atoms with Gasteiger partial charge in [-0.2, -0.15) is 21.6 Å². The number of amides is 1. The van der Waals surface area contributed by atoms with E-state index in [1.807, 2.05) is 5.32 Å². The van der Waals surface area contributed by atoms with Gasteiger partial charge in [0.15, 0.2) is 11.7 Å². The lowest BCUT2D eigenvalue weighted by Crippen LogP contribution is -2.35. The minimum atomic E-state index is -4.53. The Morgan fingerprint density at radius 2 is 1.85 bits per heavy atom. The maximum Gasteiger partial charge on any atom is 0.416 e. The van der Waals surface area contributed by atoms with Gasteiger partial charge < -0.3 is 10.2 Å². The Bertz CT molecular complexity index is 949. The highest BCUT2D eigenvalue weighted by Crippen LogP contribution is 2.36. The molecule has 0 saturated heterocycles. The summed E-state index contributed by atoms with van der Waals surface area (Å²) in [6.45, 7) is 0. The highest BCUT2D eigenvalue weighted by atomic mass is 35.5. The Balaban J connectivity index is 0.000000646. The van der Waals surface area contributed by atoms with E-state index in [0.29, 0.717) is 6.26 Å². The molecule has 0 spiro atoms. The number of furan rings is 1. The number of carbonyl (C=O) groups excluding carboxylic acids is 1. The van der Waals surface area contributed by atoms with Crippen molar-refractivity contribution in [1.82, 2.24) is 5.32 Å². The smallest absolute Gasteiger partial charge is 0.416 e. The Labute approximate surface area is 156 Å². The SMILES string of the molecule is CS(=O)(=O)O.N=C(N)NC(=O)c1ccc(-c2cc(C(F)(F)F)ccc2Cl)o1. The van der Waals surface area contributed by atoms with E-state index in [1.165, 1.54) is 12.1 Å². The van der Waals surface area contributed by atoms with Gasteiger partial charge in [-0.05, 0) is 30.3 Å². The normalized spacial score (nSPS) is 11.3. The molecule has 1 amide bonds. The summed E-state index contributed by atoms with van der Waals surface area (Å²) in [6, 6.07) is 5.31. The quantitative estimate of drug-likeness (QED) is 0.329. The first-order valence-electron chi connectivity index (χ1n) is 6.73. The molecule has 0 fully saturated rings. The van der Waals surface area contributed by atoms with Crippen molar-refractivity contribution in [3.63, 3.8) is 0 Å². The summed E-state index contributed by atoms with van der Waals surface area (Å²) in [5.41, 5.74) is 4.11. The number of halogens is 4. The molecule has 0 unspecified atom stereocenters. The molecule has 0 bridgehead atoms. The van der Waals surface area contributed by atoms with Crippen LogP contribution in [0.2, 0.25) is 5.02 Å². The van der Waals surface area contributed by atoms with Crippen LogP contribution in [0.25, 0.3) is 11.3 Å². The third kappa shape index (κ3) is 7.68. The van der Waals surface area contributed by atoms with Crippen LogP contribution in [0.4, 0.5) is 13.2 Å². The maximum absolute atomic E-state index is 12.7. The first-order valence-corrected chi connectivity index (χ1v) is 8.96. The zero-order valence-electron chi connectivity index (χ0n) is 13.5. The lowest BCUT2D eigenvalue weighted by Gasteiger charge is -2.09. The van der Waals surface area contributed by atoms with E-state index < -0.39 is 33.7 Å². The summed E-state index contributed by atoms with van der Waals surface area (Å²) in [4.78, 5) is 11.6. The number of benzene rings is 1. The molecule has 0 atom stereocenters. The van der Waals surface area contributed by atoms with Crippen molar-refractivity contribution in [3.8, 4) is 11.3 Å².